The number of ether oxygens (including phenoxy) is 1. The molecule has 0 aliphatic rings. The fourth-order valence-electron chi connectivity index (χ4n) is 3.15. The Morgan fingerprint density at radius 2 is 1.66 bits per heavy atom. The molecule has 0 aliphatic carbocycles. The quantitative estimate of drug-likeness (QED) is 0.496. The molecular formula is C24H21N3O2. The summed E-state index contributed by atoms with van der Waals surface area (Å²) in [6.07, 6.45) is 0. The van der Waals surface area contributed by atoms with Gasteiger partial charge in [0.15, 0.2) is 0 Å². The van der Waals surface area contributed by atoms with Gasteiger partial charge in [-0.15, -0.1) is 0 Å². The van der Waals surface area contributed by atoms with Crippen LogP contribution in [0, 0.1) is 0 Å². The molecule has 144 valence electrons. The summed E-state index contributed by atoms with van der Waals surface area (Å²) in [6.45, 7) is 0.464. The van der Waals surface area contributed by atoms with Crippen molar-refractivity contribution >= 4 is 22.6 Å². The number of amides is 2. The number of pyridine rings is 1. The second kappa shape index (κ2) is 8.44. The molecule has 29 heavy (non-hydrogen) atoms. The van der Waals surface area contributed by atoms with Gasteiger partial charge in [0.2, 0.25) is 0 Å². The van der Waals surface area contributed by atoms with Crippen molar-refractivity contribution in [2.75, 3.05) is 12.4 Å². The first kappa shape index (κ1) is 18.5. The van der Waals surface area contributed by atoms with Crippen LogP contribution in [0.1, 0.15) is 5.56 Å². The van der Waals surface area contributed by atoms with Crippen LogP contribution < -0.4 is 15.4 Å². The van der Waals surface area contributed by atoms with Gasteiger partial charge in [-0.2, -0.15) is 0 Å². The number of carbonyl (C=O) groups excluding carboxylic acids is 1. The molecule has 4 aromatic rings. The number of benzene rings is 3. The van der Waals surface area contributed by atoms with Gasteiger partial charge in [-0.1, -0.05) is 60.7 Å². The summed E-state index contributed by atoms with van der Waals surface area (Å²) in [4.78, 5) is 17.0. The van der Waals surface area contributed by atoms with Crippen molar-refractivity contribution in [1.82, 2.24) is 10.3 Å². The molecule has 0 atom stereocenters. The number of urea groups is 1. The van der Waals surface area contributed by atoms with E-state index >= 15 is 0 Å². The third-order valence-corrected chi connectivity index (χ3v) is 4.61. The van der Waals surface area contributed by atoms with Crippen molar-refractivity contribution < 1.29 is 9.53 Å². The van der Waals surface area contributed by atoms with Crippen LogP contribution in [0.4, 0.5) is 10.5 Å². The van der Waals surface area contributed by atoms with E-state index in [1.807, 2.05) is 84.9 Å². The van der Waals surface area contributed by atoms with E-state index in [9.17, 15) is 4.79 Å². The van der Waals surface area contributed by atoms with Gasteiger partial charge in [-0.25, -0.2) is 9.78 Å². The zero-order valence-corrected chi connectivity index (χ0v) is 16.1. The maximum absolute atomic E-state index is 12.2. The number of hydrogen-bond donors (Lipinski definition) is 2. The highest BCUT2D eigenvalue weighted by Crippen LogP contribution is 2.31. The maximum atomic E-state index is 12.2. The SMILES string of the molecule is COc1cc(-c2ccccc2)nc2ccc(NC(=O)NCc3ccccc3)cc12. The topological polar surface area (TPSA) is 63.2 Å². The van der Waals surface area contributed by atoms with Gasteiger partial charge < -0.3 is 15.4 Å². The van der Waals surface area contributed by atoms with Crippen LogP contribution in [0.25, 0.3) is 22.2 Å². The highest BCUT2D eigenvalue weighted by molar-refractivity contribution is 5.95. The van der Waals surface area contributed by atoms with Gasteiger partial charge in [0, 0.05) is 29.2 Å². The Kier molecular flexibility index (Phi) is 5.38. The van der Waals surface area contributed by atoms with Crippen LogP contribution in [0.2, 0.25) is 0 Å². The summed E-state index contributed by atoms with van der Waals surface area (Å²) in [7, 11) is 1.64. The highest BCUT2D eigenvalue weighted by atomic mass is 16.5. The van der Waals surface area contributed by atoms with Crippen LogP contribution in [-0.4, -0.2) is 18.1 Å². The Morgan fingerprint density at radius 3 is 2.38 bits per heavy atom. The molecule has 5 heteroatoms. The Bertz CT molecular complexity index is 1130. The largest absolute Gasteiger partial charge is 0.496 e. The van der Waals surface area contributed by atoms with E-state index in [0.717, 1.165) is 27.7 Å². The monoisotopic (exact) mass is 383 g/mol. The van der Waals surface area contributed by atoms with Gasteiger partial charge >= 0.3 is 6.03 Å². The molecule has 0 bridgehead atoms. The molecule has 0 saturated carbocycles. The first-order chi connectivity index (χ1) is 14.2. The fourth-order valence-corrected chi connectivity index (χ4v) is 3.15. The molecule has 0 unspecified atom stereocenters. The summed E-state index contributed by atoms with van der Waals surface area (Å²) in [5.74, 6) is 0.710. The van der Waals surface area contributed by atoms with Gasteiger partial charge in [-0.05, 0) is 23.8 Å². The minimum absolute atomic E-state index is 0.263. The van der Waals surface area contributed by atoms with Gasteiger partial charge in [-0.3, -0.25) is 0 Å². The number of hydrogen-bond acceptors (Lipinski definition) is 3. The molecule has 0 fully saturated rings. The Labute approximate surface area is 169 Å². The first-order valence-electron chi connectivity index (χ1n) is 9.36. The third kappa shape index (κ3) is 4.35. The maximum Gasteiger partial charge on any atom is 0.319 e. The number of fused-ring (bicyclic) bond motifs is 1. The molecule has 5 nitrogen and oxygen atoms in total. The summed E-state index contributed by atoms with van der Waals surface area (Å²) >= 11 is 0. The molecule has 1 heterocycles. The predicted octanol–water partition coefficient (Wildman–Crippen LogP) is 5.23. The van der Waals surface area contributed by atoms with E-state index in [1.165, 1.54) is 0 Å². The molecule has 0 aliphatic heterocycles. The zero-order chi connectivity index (χ0) is 20.1. The molecule has 1 aromatic heterocycles. The predicted molar refractivity (Wildman–Crippen MR) is 116 cm³/mol. The lowest BCUT2D eigenvalue weighted by Crippen LogP contribution is -2.28. The lowest BCUT2D eigenvalue weighted by Gasteiger charge is -2.12. The van der Waals surface area contributed by atoms with Crippen LogP contribution in [0.5, 0.6) is 5.75 Å². The van der Waals surface area contributed by atoms with Crippen molar-refractivity contribution in [3.8, 4) is 17.0 Å². The molecule has 2 N–H and O–H groups in total. The van der Waals surface area contributed by atoms with Crippen molar-refractivity contribution in [1.29, 1.82) is 0 Å². The van der Waals surface area contributed by atoms with Crippen LogP contribution in [0.3, 0.4) is 0 Å². The summed E-state index contributed by atoms with van der Waals surface area (Å²) in [5, 5.41) is 6.57. The van der Waals surface area contributed by atoms with Crippen molar-refractivity contribution in [3.05, 3.63) is 90.5 Å². The number of nitrogens with one attached hydrogen (secondary N) is 2. The second-order valence-corrected chi connectivity index (χ2v) is 6.60. The van der Waals surface area contributed by atoms with E-state index in [2.05, 4.69) is 10.6 Å². The molecule has 0 spiro atoms. The number of anilines is 1. The van der Waals surface area contributed by atoms with Crippen LogP contribution in [-0.2, 0) is 6.54 Å². The van der Waals surface area contributed by atoms with Crippen molar-refractivity contribution in [2.45, 2.75) is 6.54 Å². The first-order valence-corrected chi connectivity index (χ1v) is 9.36. The lowest BCUT2D eigenvalue weighted by molar-refractivity contribution is 0.251. The molecule has 0 radical (unpaired) electrons. The minimum Gasteiger partial charge on any atom is -0.496 e. The molecule has 2 amide bonds. The van der Waals surface area contributed by atoms with E-state index in [1.54, 1.807) is 7.11 Å². The average molecular weight is 383 g/mol. The van der Waals surface area contributed by atoms with Gasteiger partial charge in [0.1, 0.15) is 5.75 Å². The van der Waals surface area contributed by atoms with E-state index in [-0.39, 0.29) is 6.03 Å². The van der Waals surface area contributed by atoms with Gasteiger partial charge in [0.05, 0.1) is 18.3 Å². The zero-order valence-electron chi connectivity index (χ0n) is 16.1. The summed E-state index contributed by atoms with van der Waals surface area (Å²) < 4.78 is 5.59. The van der Waals surface area contributed by atoms with Gasteiger partial charge in [0.25, 0.3) is 0 Å². The van der Waals surface area contributed by atoms with Crippen molar-refractivity contribution in [2.24, 2.45) is 0 Å². The number of nitrogens with zero attached hydrogens (tertiary/aromatic N) is 1. The fraction of sp³-hybridized carbons (Fsp3) is 0.0833. The summed E-state index contributed by atoms with van der Waals surface area (Å²) in [6, 6.07) is 27.0. The lowest BCUT2D eigenvalue weighted by atomic mass is 10.1. The molecule has 4 rings (SSSR count). The number of aromatic nitrogens is 1. The minimum atomic E-state index is -0.263. The molecular weight excluding hydrogens is 362 g/mol. The molecule has 3 aromatic carbocycles. The van der Waals surface area contributed by atoms with E-state index < -0.39 is 0 Å². The van der Waals surface area contributed by atoms with Crippen molar-refractivity contribution in [3.63, 3.8) is 0 Å². The number of rotatable bonds is 5. The van der Waals surface area contributed by atoms with Crippen LogP contribution in [0.15, 0.2) is 84.9 Å². The van der Waals surface area contributed by atoms with E-state index in [0.29, 0.717) is 18.0 Å². The Balaban J connectivity index is 1.55. The number of carbonyl (C=O) groups is 1. The summed E-state index contributed by atoms with van der Waals surface area (Å²) in [5.41, 5.74) is 4.39. The third-order valence-electron chi connectivity index (χ3n) is 4.61. The smallest absolute Gasteiger partial charge is 0.319 e. The normalized spacial score (nSPS) is 10.5. The second-order valence-electron chi connectivity index (χ2n) is 6.60. The molecule has 0 saturated heterocycles. The van der Waals surface area contributed by atoms with E-state index in [4.69, 9.17) is 9.72 Å². The highest BCUT2D eigenvalue weighted by Gasteiger charge is 2.10. The average Bonchev–Trinajstić information content (AvgIpc) is 2.78. The standard InChI is InChI=1S/C24H21N3O2/c1-29-23-15-22(18-10-6-3-7-11-18)27-21-13-12-19(14-20(21)23)26-24(28)25-16-17-8-4-2-5-9-17/h2-15H,16H2,1H3,(H2,25,26,28). The van der Waals surface area contributed by atoms with Crippen LogP contribution >= 0.6 is 0 Å². The Morgan fingerprint density at radius 1 is 0.931 bits per heavy atom. The number of methoxy groups -OCH3 is 1. The Hall–Kier alpha value is -3.86.